The van der Waals surface area contributed by atoms with Crippen molar-refractivity contribution in [2.45, 2.75) is 66.0 Å². The highest BCUT2D eigenvalue weighted by molar-refractivity contribution is 5.84. The Labute approximate surface area is 143 Å². The third-order valence-corrected chi connectivity index (χ3v) is 4.03. The van der Waals surface area contributed by atoms with Gasteiger partial charge in [-0.1, -0.05) is 58.0 Å². The van der Waals surface area contributed by atoms with Crippen LogP contribution in [0.25, 0.3) is 0 Å². The number of nitrogens with zero attached hydrogens (tertiary/aromatic N) is 2. The maximum atomic E-state index is 12.9. The Morgan fingerprint density at radius 3 is 2.00 bits per heavy atom. The first kappa shape index (κ1) is 21.6. The molecule has 3 nitrogen and oxygen atoms in total. The fraction of sp³-hybridized carbons (Fsp3) is 0.650. The van der Waals surface area contributed by atoms with Crippen LogP contribution in [-0.2, 0) is 4.79 Å². The van der Waals surface area contributed by atoms with E-state index in [1.807, 2.05) is 81.9 Å². The van der Waals surface area contributed by atoms with Crippen LogP contribution in [0.15, 0.2) is 30.3 Å². The number of hydrogen-bond donors (Lipinski definition) is 0. The molecule has 0 bridgehead atoms. The monoisotopic (exact) mass is 320 g/mol. The molecule has 0 saturated carbocycles. The molecule has 0 radical (unpaired) electrons. The van der Waals surface area contributed by atoms with E-state index in [9.17, 15) is 4.79 Å². The summed E-state index contributed by atoms with van der Waals surface area (Å²) in [6.07, 6.45) is 2.20. The third kappa shape index (κ3) is 5.65. The van der Waals surface area contributed by atoms with Crippen LogP contribution in [0.5, 0.6) is 0 Å². The summed E-state index contributed by atoms with van der Waals surface area (Å²) in [5, 5.41) is 0. The first-order chi connectivity index (χ1) is 10.9. The lowest BCUT2D eigenvalue weighted by Gasteiger charge is -2.36. The second-order valence-corrected chi connectivity index (χ2v) is 6.18. The number of rotatable bonds is 3. The van der Waals surface area contributed by atoms with Crippen LogP contribution in [-0.4, -0.2) is 41.9 Å². The quantitative estimate of drug-likeness (QED) is 0.803. The Bertz CT molecular complexity index is 440. The smallest absolute Gasteiger partial charge is 0.244 e. The van der Waals surface area contributed by atoms with Gasteiger partial charge in [-0.2, -0.15) is 0 Å². The number of hydrogen-bond acceptors (Lipinski definition) is 2. The second kappa shape index (κ2) is 10.4. The molecule has 1 fully saturated rings. The predicted octanol–water partition coefficient (Wildman–Crippen LogP) is 4.74. The van der Waals surface area contributed by atoms with E-state index >= 15 is 0 Å². The Morgan fingerprint density at radius 1 is 1.09 bits per heavy atom. The van der Waals surface area contributed by atoms with Crippen LogP contribution in [0, 0.1) is 0 Å². The minimum absolute atomic E-state index is 0.0138. The molecule has 1 amide bonds. The normalized spacial score (nSPS) is 16.8. The molecule has 1 aromatic carbocycles. The molecule has 0 spiro atoms. The van der Waals surface area contributed by atoms with Crippen LogP contribution in [0.4, 0.5) is 0 Å². The molecule has 0 aliphatic carbocycles. The zero-order valence-corrected chi connectivity index (χ0v) is 16.4. The third-order valence-electron chi connectivity index (χ3n) is 4.03. The molecule has 0 N–H and O–H groups in total. The second-order valence-electron chi connectivity index (χ2n) is 6.18. The molecule has 23 heavy (non-hydrogen) atoms. The number of likely N-dealkylation sites (N-methyl/N-ethyl adjacent to an activating group) is 1. The van der Waals surface area contributed by atoms with Crippen molar-refractivity contribution < 1.29 is 4.79 Å². The number of carbonyl (C=O) groups is 1. The SMILES string of the molecule is CC.CC.CN(C)C(C(=O)N1CCCC1(C)C)c1ccccc1. The zero-order valence-electron chi connectivity index (χ0n) is 16.4. The largest absolute Gasteiger partial charge is 0.336 e. The lowest BCUT2D eigenvalue weighted by Crippen LogP contribution is -2.47. The van der Waals surface area contributed by atoms with Gasteiger partial charge in [-0.25, -0.2) is 0 Å². The minimum Gasteiger partial charge on any atom is -0.336 e. The van der Waals surface area contributed by atoms with Gasteiger partial charge >= 0.3 is 0 Å². The maximum Gasteiger partial charge on any atom is 0.244 e. The molecule has 132 valence electrons. The van der Waals surface area contributed by atoms with Gasteiger partial charge in [-0.15, -0.1) is 0 Å². The van der Waals surface area contributed by atoms with E-state index in [4.69, 9.17) is 0 Å². The summed E-state index contributed by atoms with van der Waals surface area (Å²) in [7, 11) is 3.94. The van der Waals surface area contributed by atoms with Crippen LogP contribution >= 0.6 is 0 Å². The lowest BCUT2D eigenvalue weighted by molar-refractivity contribution is -0.139. The van der Waals surface area contributed by atoms with Crippen LogP contribution in [0.2, 0.25) is 0 Å². The Morgan fingerprint density at radius 2 is 1.61 bits per heavy atom. The number of benzene rings is 1. The molecule has 1 saturated heterocycles. The highest BCUT2D eigenvalue weighted by atomic mass is 16.2. The summed E-state index contributed by atoms with van der Waals surface area (Å²) in [5.41, 5.74) is 1.06. The van der Waals surface area contributed by atoms with Crippen molar-refractivity contribution in [3.05, 3.63) is 35.9 Å². The highest BCUT2D eigenvalue weighted by Gasteiger charge is 2.39. The molecule has 1 aliphatic heterocycles. The fourth-order valence-electron chi connectivity index (χ4n) is 2.96. The molecule has 2 rings (SSSR count). The van der Waals surface area contributed by atoms with Gasteiger partial charge in [0, 0.05) is 12.1 Å². The zero-order chi connectivity index (χ0) is 18.0. The van der Waals surface area contributed by atoms with Gasteiger partial charge in [-0.05, 0) is 46.3 Å². The summed E-state index contributed by atoms with van der Waals surface area (Å²) < 4.78 is 0. The van der Waals surface area contributed by atoms with E-state index in [1.54, 1.807) is 0 Å². The molecule has 1 unspecified atom stereocenters. The van der Waals surface area contributed by atoms with Gasteiger partial charge in [0.2, 0.25) is 5.91 Å². The van der Waals surface area contributed by atoms with E-state index in [1.165, 1.54) is 0 Å². The minimum atomic E-state index is -0.182. The van der Waals surface area contributed by atoms with E-state index in [-0.39, 0.29) is 17.5 Å². The first-order valence-electron chi connectivity index (χ1n) is 8.96. The molecule has 1 aromatic rings. The Kier molecular flexibility index (Phi) is 9.82. The van der Waals surface area contributed by atoms with Crippen molar-refractivity contribution in [3.63, 3.8) is 0 Å². The topological polar surface area (TPSA) is 23.6 Å². The summed E-state index contributed by atoms with van der Waals surface area (Å²) in [5.74, 6) is 0.221. The van der Waals surface area contributed by atoms with Gasteiger partial charge < -0.3 is 4.90 Å². The molecule has 1 heterocycles. The number of carbonyl (C=O) groups excluding carboxylic acids is 1. The molecule has 1 atom stereocenters. The van der Waals surface area contributed by atoms with E-state index in [0.29, 0.717) is 0 Å². The van der Waals surface area contributed by atoms with Crippen molar-refractivity contribution in [3.8, 4) is 0 Å². The van der Waals surface area contributed by atoms with Gasteiger partial charge in [0.1, 0.15) is 6.04 Å². The molecular formula is C20H36N2O. The number of amides is 1. The molecule has 3 heteroatoms. The Hall–Kier alpha value is -1.35. The fourth-order valence-corrected chi connectivity index (χ4v) is 2.96. The predicted molar refractivity (Wildman–Crippen MR) is 101 cm³/mol. The van der Waals surface area contributed by atoms with Crippen molar-refractivity contribution in [1.82, 2.24) is 9.80 Å². The van der Waals surface area contributed by atoms with Crippen molar-refractivity contribution in [2.75, 3.05) is 20.6 Å². The van der Waals surface area contributed by atoms with Crippen LogP contribution in [0.1, 0.15) is 66.0 Å². The standard InChI is InChI=1S/C16H24N2O.2C2H6/c1-16(2)11-8-12-18(16)15(19)14(17(3)4)13-9-6-5-7-10-13;2*1-2/h5-7,9-10,14H,8,11-12H2,1-4H3;2*1-2H3. The van der Waals surface area contributed by atoms with Crippen LogP contribution in [0.3, 0.4) is 0 Å². The van der Waals surface area contributed by atoms with Crippen molar-refractivity contribution in [1.29, 1.82) is 0 Å². The van der Waals surface area contributed by atoms with Crippen molar-refractivity contribution >= 4 is 5.91 Å². The van der Waals surface area contributed by atoms with E-state index in [0.717, 1.165) is 24.9 Å². The van der Waals surface area contributed by atoms with E-state index < -0.39 is 0 Å². The average molecular weight is 321 g/mol. The average Bonchev–Trinajstić information content (AvgIpc) is 2.91. The Balaban J connectivity index is 0.00000112. The first-order valence-corrected chi connectivity index (χ1v) is 8.96. The number of likely N-dealkylation sites (tertiary alicyclic amines) is 1. The summed E-state index contributed by atoms with van der Waals surface area (Å²) in [6, 6.07) is 9.86. The summed E-state index contributed by atoms with van der Waals surface area (Å²) in [4.78, 5) is 16.9. The summed E-state index contributed by atoms with van der Waals surface area (Å²) in [6.45, 7) is 13.2. The van der Waals surface area contributed by atoms with Gasteiger partial charge in [0.15, 0.2) is 0 Å². The van der Waals surface area contributed by atoms with Gasteiger partial charge in [0.25, 0.3) is 0 Å². The molecule has 1 aliphatic rings. The molecular weight excluding hydrogens is 284 g/mol. The maximum absolute atomic E-state index is 12.9. The highest BCUT2D eigenvalue weighted by Crippen LogP contribution is 2.32. The van der Waals surface area contributed by atoms with Gasteiger partial charge in [-0.3, -0.25) is 9.69 Å². The van der Waals surface area contributed by atoms with Gasteiger partial charge in [0.05, 0.1) is 0 Å². The van der Waals surface area contributed by atoms with Crippen molar-refractivity contribution in [2.24, 2.45) is 0 Å². The lowest BCUT2D eigenvalue weighted by atomic mass is 9.99. The van der Waals surface area contributed by atoms with E-state index in [2.05, 4.69) is 13.8 Å². The van der Waals surface area contributed by atoms with Crippen LogP contribution < -0.4 is 0 Å². The molecule has 0 aromatic heterocycles. The summed E-state index contributed by atoms with van der Waals surface area (Å²) >= 11 is 0.